The number of nitriles is 1. The van der Waals surface area contributed by atoms with E-state index in [1.54, 1.807) is 6.07 Å². The molecule has 1 aliphatic heterocycles. The van der Waals surface area contributed by atoms with Gasteiger partial charge in [0, 0.05) is 12.6 Å². The molecule has 1 unspecified atom stereocenters. The van der Waals surface area contributed by atoms with Crippen LogP contribution in [-0.2, 0) is 10.0 Å². The molecule has 0 saturated carbocycles. The van der Waals surface area contributed by atoms with Crippen molar-refractivity contribution in [2.24, 2.45) is 0 Å². The zero-order valence-corrected chi connectivity index (χ0v) is 8.81. The van der Waals surface area contributed by atoms with Crippen LogP contribution in [0.3, 0.4) is 0 Å². The Hall–Kier alpha value is -0.640. The number of nitrogens with one attached hydrogen (secondary N) is 2. The number of sulfonamides is 1. The highest BCUT2D eigenvalue weighted by Crippen LogP contribution is 2.05. The van der Waals surface area contributed by atoms with Crippen LogP contribution in [-0.4, -0.2) is 33.3 Å². The van der Waals surface area contributed by atoms with Gasteiger partial charge in [-0.15, -0.1) is 0 Å². The molecule has 0 aliphatic carbocycles. The van der Waals surface area contributed by atoms with Crippen molar-refractivity contribution in [1.29, 1.82) is 5.26 Å². The topological polar surface area (TPSA) is 82.0 Å². The van der Waals surface area contributed by atoms with Crippen LogP contribution in [0.5, 0.6) is 0 Å². The van der Waals surface area contributed by atoms with Gasteiger partial charge in [-0.05, 0) is 19.4 Å². The minimum atomic E-state index is -3.40. The standard InChI is InChI=1S/C8H15N3O2S/c9-4-6-14(12,13)11-8-3-1-2-5-10-7-8/h8,10-11H,1-3,5-7H2. The van der Waals surface area contributed by atoms with Gasteiger partial charge in [0.2, 0.25) is 10.0 Å². The molecule has 0 bridgehead atoms. The van der Waals surface area contributed by atoms with Crippen molar-refractivity contribution in [3.05, 3.63) is 0 Å². The highest BCUT2D eigenvalue weighted by atomic mass is 32.2. The van der Waals surface area contributed by atoms with E-state index in [4.69, 9.17) is 5.26 Å². The summed E-state index contributed by atoms with van der Waals surface area (Å²) in [5.41, 5.74) is 0. The van der Waals surface area contributed by atoms with E-state index in [9.17, 15) is 8.42 Å². The van der Waals surface area contributed by atoms with Crippen LogP contribution in [0.2, 0.25) is 0 Å². The maximum Gasteiger partial charge on any atom is 0.225 e. The molecule has 1 heterocycles. The first-order chi connectivity index (χ1) is 6.64. The van der Waals surface area contributed by atoms with Gasteiger partial charge in [-0.2, -0.15) is 5.26 Å². The normalized spacial score (nSPS) is 23.8. The average molecular weight is 217 g/mol. The van der Waals surface area contributed by atoms with Crippen molar-refractivity contribution >= 4 is 10.0 Å². The second kappa shape index (κ2) is 5.29. The lowest BCUT2D eigenvalue weighted by atomic mass is 10.2. The maximum absolute atomic E-state index is 11.2. The van der Waals surface area contributed by atoms with Crippen molar-refractivity contribution in [2.45, 2.75) is 25.3 Å². The third-order valence-electron chi connectivity index (χ3n) is 2.15. The second-order valence-corrected chi connectivity index (χ2v) is 5.19. The Morgan fingerprint density at radius 3 is 3.00 bits per heavy atom. The van der Waals surface area contributed by atoms with Gasteiger partial charge in [0.05, 0.1) is 6.07 Å². The minimum absolute atomic E-state index is 0.0594. The Morgan fingerprint density at radius 2 is 2.29 bits per heavy atom. The van der Waals surface area contributed by atoms with E-state index < -0.39 is 15.8 Å². The lowest BCUT2D eigenvalue weighted by Crippen LogP contribution is -2.41. The van der Waals surface area contributed by atoms with Gasteiger partial charge in [-0.1, -0.05) is 6.42 Å². The highest BCUT2D eigenvalue weighted by Gasteiger charge is 2.18. The van der Waals surface area contributed by atoms with E-state index in [2.05, 4.69) is 10.0 Å². The van der Waals surface area contributed by atoms with Crippen molar-refractivity contribution in [3.63, 3.8) is 0 Å². The number of hydrogen-bond donors (Lipinski definition) is 2. The Balaban J connectivity index is 2.46. The summed E-state index contributed by atoms with van der Waals surface area (Å²) in [7, 11) is -3.40. The van der Waals surface area contributed by atoms with E-state index >= 15 is 0 Å². The third kappa shape index (κ3) is 4.05. The zero-order valence-electron chi connectivity index (χ0n) is 7.99. The summed E-state index contributed by atoms with van der Waals surface area (Å²) in [4.78, 5) is 0. The molecule has 1 aliphatic rings. The summed E-state index contributed by atoms with van der Waals surface area (Å²) in [6.07, 6.45) is 2.95. The molecule has 0 spiro atoms. The van der Waals surface area contributed by atoms with E-state index in [-0.39, 0.29) is 6.04 Å². The fraction of sp³-hybridized carbons (Fsp3) is 0.875. The van der Waals surface area contributed by atoms with Crippen molar-refractivity contribution in [1.82, 2.24) is 10.0 Å². The van der Waals surface area contributed by atoms with Gasteiger partial charge >= 0.3 is 0 Å². The van der Waals surface area contributed by atoms with Gasteiger partial charge in [-0.3, -0.25) is 0 Å². The molecule has 0 amide bonds. The first kappa shape index (κ1) is 11.4. The molecular formula is C8H15N3O2S. The highest BCUT2D eigenvalue weighted by molar-refractivity contribution is 7.89. The molecule has 1 atom stereocenters. The predicted octanol–water partition coefficient (Wildman–Crippen LogP) is -0.429. The molecule has 1 fully saturated rings. The fourth-order valence-electron chi connectivity index (χ4n) is 1.50. The zero-order chi connectivity index (χ0) is 10.4. The quantitative estimate of drug-likeness (QED) is 0.672. The summed E-state index contributed by atoms with van der Waals surface area (Å²) in [5.74, 6) is -0.455. The van der Waals surface area contributed by atoms with Crippen LogP contribution < -0.4 is 10.0 Å². The fourth-order valence-corrected chi connectivity index (χ4v) is 2.46. The molecular weight excluding hydrogens is 202 g/mol. The molecule has 0 radical (unpaired) electrons. The molecule has 1 rings (SSSR count). The van der Waals surface area contributed by atoms with E-state index in [1.165, 1.54) is 0 Å². The largest absolute Gasteiger partial charge is 0.315 e. The number of nitrogens with zero attached hydrogens (tertiary/aromatic N) is 1. The first-order valence-corrected chi connectivity index (χ1v) is 6.37. The lowest BCUT2D eigenvalue weighted by Gasteiger charge is -2.14. The van der Waals surface area contributed by atoms with Crippen LogP contribution >= 0.6 is 0 Å². The summed E-state index contributed by atoms with van der Waals surface area (Å²) in [6, 6.07) is 1.58. The summed E-state index contributed by atoms with van der Waals surface area (Å²) >= 11 is 0. The summed E-state index contributed by atoms with van der Waals surface area (Å²) in [5, 5.41) is 11.5. The van der Waals surface area contributed by atoms with Gasteiger partial charge < -0.3 is 5.32 Å². The van der Waals surface area contributed by atoms with E-state index in [0.29, 0.717) is 6.54 Å². The third-order valence-corrected chi connectivity index (χ3v) is 3.35. The Labute approximate surface area is 84.5 Å². The van der Waals surface area contributed by atoms with Crippen molar-refractivity contribution < 1.29 is 8.42 Å². The van der Waals surface area contributed by atoms with Crippen molar-refractivity contribution in [3.8, 4) is 6.07 Å². The number of hydrogen-bond acceptors (Lipinski definition) is 4. The van der Waals surface area contributed by atoms with Gasteiger partial charge in [0.25, 0.3) is 0 Å². The second-order valence-electron chi connectivity index (χ2n) is 3.43. The van der Waals surface area contributed by atoms with Gasteiger partial charge in [-0.25, -0.2) is 13.1 Å². The predicted molar refractivity (Wildman–Crippen MR) is 53.0 cm³/mol. The van der Waals surface area contributed by atoms with E-state index in [0.717, 1.165) is 25.8 Å². The molecule has 0 aromatic rings. The van der Waals surface area contributed by atoms with E-state index in [1.807, 2.05) is 0 Å². The molecule has 1 saturated heterocycles. The van der Waals surface area contributed by atoms with Crippen LogP contribution in [0.25, 0.3) is 0 Å². The van der Waals surface area contributed by atoms with Crippen LogP contribution in [0.15, 0.2) is 0 Å². The van der Waals surface area contributed by atoms with Crippen LogP contribution in [0, 0.1) is 11.3 Å². The Bertz CT molecular complexity index is 299. The number of rotatable bonds is 3. The minimum Gasteiger partial charge on any atom is -0.315 e. The van der Waals surface area contributed by atoms with Crippen LogP contribution in [0.1, 0.15) is 19.3 Å². The SMILES string of the molecule is N#CCS(=O)(=O)NC1CCCCNC1. The smallest absolute Gasteiger partial charge is 0.225 e. The van der Waals surface area contributed by atoms with Crippen molar-refractivity contribution in [2.75, 3.05) is 18.8 Å². The monoisotopic (exact) mass is 217 g/mol. The average Bonchev–Trinajstić information content (AvgIpc) is 2.31. The lowest BCUT2D eigenvalue weighted by molar-refractivity contribution is 0.523. The maximum atomic E-state index is 11.2. The molecule has 14 heavy (non-hydrogen) atoms. The molecule has 5 nitrogen and oxygen atoms in total. The molecule has 0 aromatic heterocycles. The Kier molecular flexibility index (Phi) is 4.32. The first-order valence-electron chi connectivity index (χ1n) is 4.72. The van der Waals surface area contributed by atoms with Crippen LogP contribution in [0.4, 0.5) is 0 Å². The summed E-state index contributed by atoms with van der Waals surface area (Å²) in [6.45, 7) is 1.60. The Morgan fingerprint density at radius 1 is 1.50 bits per heavy atom. The van der Waals surface area contributed by atoms with Gasteiger partial charge in [0.1, 0.15) is 0 Å². The molecule has 0 aromatic carbocycles. The van der Waals surface area contributed by atoms with Gasteiger partial charge in [0.15, 0.2) is 5.75 Å². The summed E-state index contributed by atoms with van der Waals surface area (Å²) < 4.78 is 25.0. The molecule has 2 N–H and O–H groups in total. The molecule has 6 heteroatoms. The molecule has 80 valence electrons.